The third kappa shape index (κ3) is 2.72. The van der Waals surface area contributed by atoms with Crippen LogP contribution in [0.5, 0.6) is 0 Å². The van der Waals surface area contributed by atoms with Gasteiger partial charge in [-0.15, -0.1) is 0 Å². The molecular weight excluding hydrogens is 334 g/mol. The lowest BCUT2D eigenvalue weighted by Crippen LogP contribution is -2.08. The van der Waals surface area contributed by atoms with Crippen LogP contribution in [0.2, 0.25) is 0 Å². The van der Waals surface area contributed by atoms with E-state index in [1.165, 1.54) is 18.2 Å². The summed E-state index contributed by atoms with van der Waals surface area (Å²) in [4.78, 5) is 11.1. The molecule has 0 spiro atoms. The molecule has 2 aromatic rings. The summed E-state index contributed by atoms with van der Waals surface area (Å²) in [6.07, 6.45) is 0. The number of nitrogens with one attached hydrogen (secondary N) is 1. The molecule has 4 N–H and O–H groups in total. The minimum absolute atomic E-state index is 0.0816. The van der Waals surface area contributed by atoms with Gasteiger partial charge in [-0.1, -0.05) is 0 Å². The summed E-state index contributed by atoms with van der Waals surface area (Å²) in [6.45, 7) is 0. The fourth-order valence-electron chi connectivity index (χ4n) is 1.66. The van der Waals surface area contributed by atoms with Crippen molar-refractivity contribution < 1.29 is 18.7 Å². The first-order valence-electron chi connectivity index (χ1n) is 5.43. The Morgan fingerprint density at radius 3 is 2.50 bits per heavy atom. The number of nitrogen functional groups attached to an aromatic ring is 1. The second-order valence-electron chi connectivity index (χ2n) is 3.94. The number of aromatic carboxylic acids is 1. The molecule has 0 heterocycles. The van der Waals surface area contributed by atoms with Crippen LogP contribution in [0, 0.1) is 11.6 Å². The van der Waals surface area contributed by atoms with Crippen LogP contribution in [-0.2, 0) is 0 Å². The molecule has 2 rings (SSSR count). The lowest BCUT2D eigenvalue weighted by molar-refractivity contribution is 0.0698. The van der Waals surface area contributed by atoms with Crippen molar-refractivity contribution in [1.29, 1.82) is 0 Å². The number of hydrogen-bond acceptors (Lipinski definition) is 3. The van der Waals surface area contributed by atoms with E-state index in [9.17, 15) is 13.6 Å². The molecule has 0 atom stereocenters. The highest BCUT2D eigenvalue weighted by atomic mass is 79.9. The van der Waals surface area contributed by atoms with E-state index in [4.69, 9.17) is 10.8 Å². The molecule has 0 saturated heterocycles. The van der Waals surface area contributed by atoms with Crippen molar-refractivity contribution in [3.63, 3.8) is 0 Å². The maximum absolute atomic E-state index is 13.4. The van der Waals surface area contributed by atoms with Gasteiger partial charge in [0.1, 0.15) is 17.2 Å². The van der Waals surface area contributed by atoms with E-state index in [1.807, 2.05) is 0 Å². The quantitative estimate of drug-likeness (QED) is 0.742. The average Bonchev–Trinajstić information content (AvgIpc) is 2.38. The van der Waals surface area contributed by atoms with E-state index in [1.54, 1.807) is 6.07 Å². The van der Waals surface area contributed by atoms with Gasteiger partial charge >= 0.3 is 5.97 Å². The normalized spacial score (nSPS) is 10.3. The van der Waals surface area contributed by atoms with Crippen LogP contribution >= 0.6 is 15.9 Å². The van der Waals surface area contributed by atoms with E-state index < -0.39 is 28.9 Å². The van der Waals surface area contributed by atoms with Crippen LogP contribution in [0.1, 0.15) is 10.4 Å². The third-order valence-corrected chi connectivity index (χ3v) is 3.25. The van der Waals surface area contributed by atoms with Crippen molar-refractivity contribution in [3.05, 3.63) is 52.0 Å². The Morgan fingerprint density at radius 1 is 1.20 bits per heavy atom. The fourth-order valence-corrected chi connectivity index (χ4v) is 1.90. The second-order valence-corrected chi connectivity index (χ2v) is 4.80. The molecule has 7 heteroatoms. The van der Waals surface area contributed by atoms with Gasteiger partial charge in [0.2, 0.25) is 0 Å². The van der Waals surface area contributed by atoms with Gasteiger partial charge in [0.05, 0.1) is 15.8 Å². The number of carboxylic acid groups (broad SMARTS) is 1. The van der Waals surface area contributed by atoms with E-state index in [-0.39, 0.29) is 10.2 Å². The molecule has 0 saturated carbocycles. The Labute approximate surface area is 121 Å². The number of carbonyl (C=O) groups is 1. The molecule has 0 aromatic heterocycles. The predicted octanol–water partition coefficient (Wildman–Crippen LogP) is 3.75. The zero-order chi connectivity index (χ0) is 14.9. The predicted molar refractivity (Wildman–Crippen MR) is 75.2 cm³/mol. The number of rotatable bonds is 3. The Hall–Kier alpha value is -2.15. The number of carboxylic acids is 1. The average molecular weight is 343 g/mol. The highest BCUT2D eigenvalue weighted by Gasteiger charge is 2.17. The summed E-state index contributed by atoms with van der Waals surface area (Å²) in [5.74, 6) is -2.71. The Bertz CT molecular complexity index is 692. The van der Waals surface area contributed by atoms with E-state index in [0.717, 1.165) is 6.07 Å². The minimum Gasteiger partial charge on any atom is -0.478 e. The van der Waals surface area contributed by atoms with Crippen molar-refractivity contribution in [3.8, 4) is 0 Å². The van der Waals surface area contributed by atoms with Gasteiger partial charge in [-0.05, 0) is 46.3 Å². The van der Waals surface area contributed by atoms with E-state index >= 15 is 0 Å². The molecule has 4 nitrogen and oxygen atoms in total. The molecule has 0 aliphatic heterocycles. The Kier molecular flexibility index (Phi) is 3.89. The number of hydrogen-bond donors (Lipinski definition) is 3. The smallest absolute Gasteiger partial charge is 0.340 e. The van der Waals surface area contributed by atoms with Crippen LogP contribution in [-0.4, -0.2) is 11.1 Å². The van der Waals surface area contributed by atoms with Gasteiger partial charge in [0.15, 0.2) is 0 Å². The Balaban J connectivity index is 2.45. The first kappa shape index (κ1) is 14.3. The topological polar surface area (TPSA) is 75.3 Å². The molecule has 104 valence electrons. The highest BCUT2D eigenvalue weighted by molar-refractivity contribution is 9.10. The maximum Gasteiger partial charge on any atom is 0.340 e. The van der Waals surface area contributed by atoms with Crippen molar-refractivity contribution >= 4 is 39.0 Å². The van der Waals surface area contributed by atoms with Crippen molar-refractivity contribution in [1.82, 2.24) is 0 Å². The lowest BCUT2D eigenvalue weighted by atomic mass is 10.1. The molecule has 0 aliphatic rings. The zero-order valence-electron chi connectivity index (χ0n) is 9.95. The Morgan fingerprint density at radius 2 is 1.90 bits per heavy atom. The molecule has 0 aliphatic carbocycles. The number of benzene rings is 2. The molecule has 0 radical (unpaired) electrons. The highest BCUT2D eigenvalue weighted by Crippen LogP contribution is 2.29. The molecule has 0 fully saturated rings. The fraction of sp³-hybridized carbons (Fsp3) is 0. The van der Waals surface area contributed by atoms with Gasteiger partial charge < -0.3 is 16.2 Å². The SMILES string of the molecule is Nc1c(F)ccc(Nc2ccc(Br)c(F)c2)c1C(=O)O. The number of anilines is 3. The minimum atomic E-state index is -1.37. The lowest BCUT2D eigenvalue weighted by Gasteiger charge is -2.12. The van der Waals surface area contributed by atoms with Gasteiger partial charge in [-0.2, -0.15) is 0 Å². The van der Waals surface area contributed by atoms with Gasteiger partial charge in [-0.25, -0.2) is 13.6 Å². The molecule has 2 aromatic carbocycles. The summed E-state index contributed by atoms with van der Waals surface area (Å²) >= 11 is 3.01. The summed E-state index contributed by atoms with van der Waals surface area (Å²) in [6, 6.07) is 6.45. The van der Waals surface area contributed by atoms with Gasteiger partial charge in [-0.3, -0.25) is 0 Å². The van der Waals surface area contributed by atoms with Crippen LogP contribution in [0.25, 0.3) is 0 Å². The maximum atomic E-state index is 13.4. The summed E-state index contributed by atoms with van der Waals surface area (Å²) in [7, 11) is 0. The molecule has 20 heavy (non-hydrogen) atoms. The largest absolute Gasteiger partial charge is 0.478 e. The first-order chi connectivity index (χ1) is 9.40. The summed E-state index contributed by atoms with van der Waals surface area (Å²) in [5.41, 5.74) is 4.95. The van der Waals surface area contributed by atoms with Crippen LogP contribution in [0.3, 0.4) is 0 Å². The summed E-state index contributed by atoms with van der Waals surface area (Å²) in [5, 5.41) is 11.8. The van der Waals surface area contributed by atoms with Crippen LogP contribution < -0.4 is 11.1 Å². The van der Waals surface area contributed by atoms with Gasteiger partial charge in [0, 0.05) is 5.69 Å². The first-order valence-corrected chi connectivity index (χ1v) is 6.23. The van der Waals surface area contributed by atoms with E-state index in [0.29, 0.717) is 5.69 Å². The number of halogens is 3. The van der Waals surface area contributed by atoms with E-state index in [2.05, 4.69) is 21.2 Å². The summed E-state index contributed by atoms with van der Waals surface area (Å²) < 4.78 is 27.0. The monoisotopic (exact) mass is 342 g/mol. The molecule has 0 bridgehead atoms. The standard InChI is InChI=1S/C13H9BrF2N2O2/c14-7-2-1-6(5-9(7)16)18-10-4-3-8(15)12(17)11(10)13(19)20/h1-5,18H,17H2,(H,19,20). The van der Waals surface area contributed by atoms with Crippen LogP contribution in [0.4, 0.5) is 25.8 Å². The van der Waals surface area contributed by atoms with Crippen molar-refractivity contribution in [2.75, 3.05) is 11.1 Å². The van der Waals surface area contributed by atoms with Crippen LogP contribution in [0.15, 0.2) is 34.8 Å². The molecule has 0 amide bonds. The van der Waals surface area contributed by atoms with Crippen molar-refractivity contribution in [2.24, 2.45) is 0 Å². The molecule has 0 unspecified atom stereocenters. The van der Waals surface area contributed by atoms with Gasteiger partial charge in [0.25, 0.3) is 0 Å². The third-order valence-electron chi connectivity index (χ3n) is 2.60. The zero-order valence-corrected chi connectivity index (χ0v) is 11.5. The van der Waals surface area contributed by atoms with Crippen molar-refractivity contribution in [2.45, 2.75) is 0 Å². The second kappa shape index (κ2) is 5.46. The number of nitrogens with two attached hydrogens (primary N) is 1. The molecular formula is C13H9BrF2N2O2.